The summed E-state index contributed by atoms with van der Waals surface area (Å²) >= 11 is 0. The van der Waals surface area contributed by atoms with Gasteiger partial charge in [0, 0.05) is 4.53 Å². The Hall–Kier alpha value is -3.85. The second kappa shape index (κ2) is 12.4. The van der Waals surface area contributed by atoms with Gasteiger partial charge in [-0.2, -0.15) is 18.4 Å². The van der Waals surface area contributed by atoms with E-state index in [-0.39, 0.29) is 13.2 Å². The van der Waals surface area contributed by atoms with E-state index in [0.29, 0.717) is 30.4 Å². The molecule has 6 heteroatoms. The van der Waals surface area contributed by atoms with Crippen LogP contribution >= 0.6 is 0 Å². The van der Waals surface area contributed by atoms with Gasteiger partial charge in [-0.15, -0.1) is 0 Å². The lowest BCUT2D eigenvalue weighted by atomic mass is 9.79. The second-order valence-electron chi connectivity index (χ2n) is 8.71. The molecule has 3 rings (SSSR count). The minimum Gasteiger partial charge on any atom is -0.299 e. The summed E-state index contributed by atoms with van der Waals surface area (Å²) in [6.45, 7) is 9.56. The van der Waals surface area contributed by atoms with Gasteiger partial charge in [0.25, 0.3) is 0 Å². The van der Waals surface area contributed by atoms with Crippen LogP contribution in [0.4, 0.5) is 17.7 Å². The van der Waals surface area contributed by atoms with Crippen LogP contribution in [-0.2, 0) is 24.0 Å². The number of nitriles is 1. The first-order valence-corrected chi connectivity index (χ1v) is 11.5. The molecule has 2 nitrogen and oxygen atoms in total. The number of halogens is 4. The van der Waals surface area contributed by atoms with Gasteiger partial charge >= 0.3 is 6.18 Å². The zero-order valence-electron chi connectivity index (χ0n) is 20.5. The van der Waals surface area contributed by atoms with Crippen LogP contribution in [0.25, 0.3) is 11.1 Å². The van der Waals surface area contributed by atoms with E-state index in [0.717, 1.165) is 45.0 Å². The van der Waals surface area contributed by atoms with E-state index in [9.17, 15) is 23.0 Å². The molecule has 0 aromatic heterocycles. The number of alkyl halides is 3. The molecule has 0 N–H and O–H groups in total. The third kappa shape index (κ3) is 6.89. The second-order valence-corrected chi connectivity index (χ2v) is 8.71. The summed E-state index contributed by atoms with van der Waals surface area (Å²) in [6, 6.07) is 11.4. The van der Waals surface area contributed by atoms with Gasteiger partial charge in [-0.25, -0.2) is 0 Å². The molecule has 0 spiro atoms. The van der Waals surface area contributed by atoms with Gasteiger partial charge in [0.05, 0.1) is 17.2 Å². The molecule has 0 unspecified atom stereocenters. The molecule has 1 aliphatic rings. The minimum atomic E-state index is -4.39. The summed E-state index contributed by atoms with van der Waals surface area (Å²) in [4.78, 5) is 3.73. The third-order valence-electron chi connectivity index (χ3n) is 6.15. The number of allylic oxidation sites excluding steroid dienone is 9. The molecule has 37 heavy (non-hydrogen) atoms. The number of aryl methyl sites for hydroxylation is 1. The van der Waals surface area contributed by atoms with Crippen molar-refractivity contribution in [1.29, 1.82) is 5.26 Å². The molecule has 0 fully saturated rings. The number of hydrogen-bond acceptors (Lipinski definition) is 2. The molecule has 0 bridgehead atoms. The first-order chi connectivity index (χ1) is 17.1. The first-order valence-electron chi connectivity index (χ1n) is 11.5. The van der Waals surface area contributed by atoms with Crippen molar-refractivity contribution in [1.82, 2.24) is 0 Å². The lowest BCUT2D eigenvalue weighted by Crippen LogP contribution is -2.10. The number of fused-ring (bicyclic) bond motifs is 1. The fourth-order valence-corrected chi connectivity index (χ4v) is 4.43. The van der Waals surface area contributed by atoms with Crippen molar-refractivity contribution in [2.75, 3.05) is 0 Å². The molecular formula is C31H31F4NO. The Labute approximate surface area is 216 Å². The van der Waals surface area contributed by atoms with Crippen LogP contribution in [0, 0.1) is 11.3 Å². The number of benzene rings is 2. The number of rotatable bonds is 7. The highest BCUT2D eigenvalue weighted by Gasteiger charge is 2.32. The van der Waals surface area contributed by atoms with Crippen LogP contribution < -0.4 is 0 Å². The smallest absolute Gasteiger partial charge is 0.299 e. The highest BCUT2D eigenvalue weighted by Crippen LogP contribution is 2.41. The molecule has 0 atom stereocenters. The third-order valence-corrected chi connectivity index (χ3v) is 6.15. The highest BCUT2D eigenvalue weighted by molar-refractivity contribution is 5.94. The Morgan fingerprint density at radius 2 is 1.86 bits per heavy atom. The van der Waals surface area contributed by atoms with E-state index >= 15 is 0 Å². The summed E-state index contributed by atoms with van der Waals surface area (Å²) < 4.78 is 52.1. The van der Waals surface area contributed by atoms with Gasteiger partial charge in [-0.1, -0.05) is 49.9 Å². The van der Waals surface area contributed by atoms with Crippen molar-refractivity contribution >= 4 is 11.1 Å². The van der Waals surface area contributed by atoms with E-state index in [1.807, 2.05) is 38.1 Å². The molecule has 0 saturated heterocycles. The molecule has 194 valence electrons. The Balaban J connectivity index is 0.00000481. The minimum absolute atomic E-state index is 0. The average molecular weight is 510 g/mol. The largest absolute Gasteiger partial charge is 0.416 e. The first kappa shape index (κ1) is 29.4. The standard InChI is InChI=1S/C30H27F4NO.CH4/c1-5-6-29-27(13-10-24-17-25(30(31,32)33)11-14-28(24)29)21(4)26-12-8-22(18-35)16-23(26)9-7-19(2)15-20(3)36-34;/h5-8,11-12,14-17H,4,9-10,13H2,1-3H3;1H4/b6-5-,19-7-,20-15-;. The molecule has 0 radical (unpaired) electrons. The molecule has 0 saturated carbocycles. The molecule has 2 aromatic rings. The quantitative estimate of drug-likeness (QED) is 0.212. The summed E-state index contributed by atoms with van der Waals surface area (Å²) in [6.07, 6.45) is 4.34. The predicted molar refractivity (Wildman–Crippen MR) is 142 cm³/mol. The maximum atomic E-state index is 13.3. The van der Waals surface area contributed by atoms with Gasteiger partial charge in [0.2, 0.25) is 0 Å². The fraction of sp³-hybridized carbons (Fsp3) is 0.258. The zero-order chi connectivity index (χ0) is 26.5. The average Bonchev–Trinajstić information content (AvgIpc) is 2.86. The normalized spacial score (nSPS) is 14.2. The van der Waals surface area contributed by atoms with Gasteiger partial charge in [0.15, 0.2) is 0 Å². The highest BCUT2D eigenvalue weighted by atomic mass is 19.4. The van der Waals surface area contributed by atoms with Crippen molar-refractivity contribution in [3.8, 4) is 6.07 Å². The van der Waals surface area contributed by atoms with Gasteiger partial charge in [-0.05, 0) is 109 Å². The fourth-order valence-electron chi connectivity index (χ4n) is 4.43. The lowest BCUT2D eigenvalue weighted by molar-refractivity contribution is -0.137. The van der Waals surface area contributed by atoms with Crippen molar-refractivity contribution in [3.05, 3.63) is 118 Å². The zero-order valence-corrected chi connectivity index (χ0v) is 20.5. The Bertz CT molecular complexity index is 1330. The summed E-state index contributed by atoms with van der Waals surface area (Å²) in [5.74, 6) is 0.134. The lowest BCUT2D eigenvalue weighted by Gasteiger charge is -2.25. The van der Waals surface area contributed by atoms with Gasteiger partial charge in [0.1, 0.15) is 5.76 Å². The maximum Gasteiger partial charge on any atom is 0.416 e. The maximum absolute atomic E-state index is 13.3. The van der Waals surface area contributed by atoms with Crippen LogP contribution in [-0.4, -0.2) is 0 Å². The monoisotopic (exact) mass is 509 g/mol. The van der Waals surface area contributed by atoms with Crippen molar-refractivity contribution in [2.24, 2.45) is 0 Å². The number of hydrogen-bond donors (Lipinski definition) is 0. The predicted octanol–water partition coefficient (Wildman–Crippen LogP) is 9.50. The Kier molecular flexibility index (Phi) is 9.85. The summed E-state index contributed by atoms with van der Waals surface area (Å²) in [5.41, 5.74) is 6.36. The molecule has 0 heterocycles. The molecular weight excluding hydrogens is 478 g/mol. The van der Waals surface area contributed by atoms with Crippen LogP contribution in [0.1, 0.15) is 68.0 Å². The summed E-state index contributed by atoms with van der Waals surface area (Å²) in [5, 5.41) is 9.42. The van der Waals surface area contributed by atoms with Gasteiger partial charge < -0.3 is 0 Å². The van der Waals surface area contributed by atoms with Crippen molar-refractivity contribution in [3.63, 3.8) is 0 Å². The van der Waals surface area contributed by atoms with Crippen LogP contribution in [0.3, 0.4) is 0 Å². The number of nitrogens with zero attached hydrogens (tertiary/aromatic N) is 1. The van der Waals surface area contributed by atoms with Crippen LogP contribution in [0.2, 0.25) is 0 Å². The van der Waals surface area contributed by atoms with E-state index in [4.69, 9.17) is 0 Å². The molecule has 0 aliphatic heterocycles. The van der Waals surface area contributed by atoms with E-state index < -0.39 is 11.7 Å². The topological polar surface area (TPSA) is 33.0 Å². The Morgan fingerprint density at radius 1 is 1.14 bits per heavy atom. The molecule has 2 aromatic carbocycles. The van der Waals surface area contributed by atoms with E-state index in [1.165, 1.54) is 19.1 Å². The van der Waals surface area contributed by atoms with E-state index in [2.05, 4.69) is 17.6 Å². The van der Waals surface area contributed by atoms with Crippen molar-refractivity contribution < 1.29 is 22.6 Å². The Morgan fingerprint density at radius 3 is 2.49 bits per heavy atom. The van der Waals surface area contributed by atoms with Crippen molar-refractivity contribution in [2.45, 2.75) is 53.6 Å². The molecule has 0 amide bonds. The SMILES string of the molecule is C.C=C(C1=C(/C=C\C)c2ccc(C(F)(F)F)cc2CC1)c1ccc(C#N)cc1C/C=C(C)\C=C(\C)OF. The summed E-state index contributed by atoms with van der Waals surface area (Å²) in [7, 11) is 0. The van der Waals surface area contributed by atoms with Crippen LogP contribution in [0.5, 0.6) is 0 Å². The van der Waals surface area contributed by atoms with Crippen LogP contribution in [0.15, 0.2) is 84.2 Å². The van der Waals surface area contributed by atoms with E-state index in [1.54, 1.807) is 18.2 Å². The molecule has 1 aliphatic carbocycles. The van der Waals surface area contributed by atoms with Gasteiger partial charge in [-0.3, -0.25) is 4.94 Å².